The summed E-state index contributed by atoms with van der Waals surface area (Å²) < 4.78 is 10.2. The molecule has 0 aliphatic carbocycles. The van der Waals surface area contributed by atoms with Gasteiger partial charge in [-0.1, -0.05) is 12.1 Å². The van der Waals surface area contributed by atoms with Gasteiger partial charge < -0.3 is 14.4 Å². The third-order valence-corrected chi connectivity index (χ3v) is 2.23. The fraction of sp³-hybridized carbons (Fsp3) is 0.462. The molecule has 0 heterocycles. The maximum Gasteiger partial charge on any atom is 0.409 e. The summed E-state index contributed by atoms with van der Waals surface area (Å²) in [7, 11) is 1.72. The van der Waals surface area contributed by atoms with Crippen LogP contribution >= 0.6 is 0 Å². The van der Waals surface area contributed by atoms with Crippen LogP contribution in [0.5, 0.6) is 5.75 Å². The van der Waals surface area contributed by atoms with Crippen molar-refractivity contribution in [2.45, 2.75) is 20.4 Å². The van der Waals surface area contributed by atoms with Gasteiger partial charge in [0.1, 0.15) is 5.75 Å². The van der Waals surface area contributed by atoms with Crippen molar-refractivity contribution in [3.63, 3.8) is 0 Å². The van der Waals surface area contributed by atoms with E-state index in [1.165, 1.54) is 0 Å². The number of hydrogen-bond acceptors (Lipinski definition) is 3. The van der Waals surface area contributed by atoms with Crippen molar-refractivity contribution in [1.29, 1.82) is 0 Å². The molecule has 0 saturated carbocycles. The molecule has 0 aliphatic heterocycles. The molecule has 1 amide bonds. The molecule has 0 bridgehead atoms. The Bertz CT molecular complexity index is 348. The van der Waals surface area contributed by atoms with E-state index in [0.29, 0.717) is 19.8 Å². The Labute approximate surface area is 102 Å². The first-order valence-electron chi connectivity index (χ1n) is 5.77. The molecular weight excluding hydrogens is 218 g/mol. The number of nitrogens with zero attached hydrogens (tertiary/aromatic N) is 1. The Balaban J connectivity index is 2.53. The lowest BCUT2D eigenvalue weighted by molar-refractivity contribution is 0.114. The summed E-state index contributed by atoms with van der Waals surface area (Å²) in [5.74, 6) is 0.843. The Morgan fingerprint density at radius 2 is 1.82 bits per heavy atom. The van der Waals surface area contributed by atoms with Crippen molar-refractivity contribution < 1.29 is 14.3 Å². The van der Waals surface area contributed by atoms with Crippen molar-refractivity contribution in [1.82, 2.24) is 4.90 Å². The van der Waals surface area contributed by atoms with Crippen LogP contribution in [0.2, 0.25) is 0 Å². The average molecular weight is 237 g/mol. The summed E-state index contributed by atoms with van der Waals surface area (Å²) in [5.41, 5.74) is 1.05. The van der Waals surface area contributed by atoms with Crippen LogP contribution < -0.4 is 4.74 Å². The van der Waals surface area contributed by atoms with Gasteiger partial charge in [0.15, 0.2) is 0 Å². The second kappa shape index (κ2) is 6.78. The fourth-order valence-electron chi connectivity index (χ4n) is 1.43. The molecule has 0 aliphatic rings. The van der Waals surface area contributed by atoms with Crippen LogP contribution in [0.3, 0.4) is 0 Å². The van der Waals surface area contributed by atoms with E-state index in [1.54, 1.807) is 18.9 Å². The molecule has 0 saturated heterocycles. The maximum atomic E-state index is 11.4. The van der Waals surface area contributed by atoms with Gasteiger partial charge in [0.05, 0.1) is 13.2 Å². The number of hydrogen-bond donors (Lipinski definition) is 0. The van der Waals surface area contributed by atoms with E-state index in [4.69, 9.17) is 9.47 Å². The number of ether oxygens (including phenoxy) is 2. The van der Waals surface area contributed by atoms with E-state index >= 15 is 0 Å². The SMILES string of the molecule is CCOC(=O)N(C)Cc1ccc(OCC)cc1. The highest BCUT2D eigenvalue weighted by Crippen LogP contribution is 2.13. The van der Waals surface area contributed by atoms with E-state index in [2.05, 4.69) is 0 Å². The molecule has 1 aromatic rings. The van der Waals surface area contributed by atoms with E-state index in [1.807, 2.05) is 31.2 Å². The van der Waals surface area contributed by atoms with E-state index < -0.39 is 0 Å². The molecular formula is C13H19NO3. The van der Waals surface area contributed by atoms with Crippen LogP contribution in [-0.2, 0) is 11.3 Å². The van der Waals surface area contributed by atoms with Crippen molar-refractivity contribution in [3.05, 3.63) is 29.8 Å². The highest BCUT2D eigenvalue weighted by atomic mass is 16.6. The van der Waals surface area contributed by atoms with Crippen molar-refractivity contribution >= 4 is 6.09 Å². The molecule has 0 radical (unpaired) electrons. The minimum Gasteiger partial charge on any atom is -0.494 e. The lowest BCUT2D eigenvalue weighted by Crippen LogP contribution is -2.26. The van der Waals surface area contributed by atoms with Crippen LogP contribution in [0.1, 0.15) is 19.4 Å². The molecule has 0 atom stereocenters. The minimum absolute atomic E-state index is 0.304. The van der Waals surface area contributed by atoms with Crippen LogP contribution in [0, 0.1) is 0 Å². The molecule has 4 heteroatoms. The first-order valence-corrected chi connectivity index (χ1v) is 5.77. The summed E-state index contributed by atoms with van der Waals surface area (Å²) in [6.45, 7) is 5.32. The third-order valence-electron chi connectivity index (χ3n) is 2.23. The van der Waals surface area contributed by atoms with Gasteiger partial charge >= 0.3 is 6.09 Å². The van der Waals surface area contributed by atoms with E-state index in [9.17, 15) is 4.79 Å². The van der Waals surface area contributed by atoms with Crippen molar-refractivity contribution in [2.75, 3.05) is 20.3 Å². The summed E-state index contributed by atoms with van der Waals surface area (Å²) in [4.78, 5) is 12.9. The largest absolute Gasteiger partial charge is 0.494 e. The summed E-state index contributed by atoms with van der Waals surface area (Å²) in [6, 6.07) is 7.69. The van der Waals surface area contributed by atoms with Gasteiger partial charge in [-0.2, -0.15) is 0 Å². The van der Waals surface area contributed by atoms with Gasteiger partial charge in [0, 0.05) is 13.6 Å². The Morgan fingerprint density at radius 3 is 2.35 bits per heavy atom. The van der Waals surface area contributed by atoms with Crippen molar-refractivity contribution in [3.8, 4) is 5.75 Å². The van der Waals surface area contributed by atoms with Crippen LogP contribution in [0.25, 0.3) is 0 Å². The van der Waals surface area contributed by atoms with E-state index in [-0.39, 0.29) is 6.09 Å². The Hall–Kier alpha value is -1.71. The predicted molar refractivity (Wildman–Crippen MR) is 66.1 cm³/mol. The maximum absolute atomic E-state index is 11.4. The number of benzene rings is 1. The molecule has 0 aromatic heterocycles. The van der Waals surface area contributed by atoms with Crippen LogP contribution in [0.4, 0.5) is 4.79 Å². The lowest BCUT2D eigenvalue weighted by Gasteiger charge is -2.16. The quantitative estimate of drug-likeness (QED) is 0.790. The van der Waals surface area contributed by atoms with Crippen molar-refractivity contribution in [2.24, 2.45) is 0 Å². The summed E-state index contributed by atoms with van der Waals surface area (Å²) in [5, 5.41) is 0. The molecule has 94 valence electrons. The highest BCUT2D eigenvalue weighted by Gasteiger charge is 2.09. The number of amides is 1. The van der Waals surface area contributed by atoms with Crippen LogP contribution in [-0.4, -0.2) is 31.3 Å². The standard InChI is InChI=1S/C13H19NO3/c1-4-16-12-8-6-11(7-9-12)10-14(3)13(15)17-5-2/h6-9H,4-5,10H2,1-3H3. The molecule has 1 aromatic carbocycles. The summed E-state index contributed by atoms with van der Waals surface area (Å²) >= 11 is 0. The Kier molecular flexibility index (Phi) is 5.33. The van der Waals surface area contributed by atoms with Gasteiger partial charge in [-0.3, -0.25) is 0 Å². The van der Waals surface area contributed by atoms with Crippen LogP contribution in [0.15, 0.2) is 24.3 Å². The van der Waals surface area contributed by atoms with Gasteiger partial charge in [-0.25, -0.2) is 4.79 Å². The zero-order valence-electron chi connectivity index (χ0n) is 10.6. The number of carbonyl (C=O) groups excluding carboxylic acids is 1. The van der Waals surface area contributed by atoms with Gasteiger partial charge in [-0.15, -0.1) is 0 Å². The molecule has 17 heavy (non-hydrogen) atoms. The fourth-order valence-corrected chi connectivity index (χ4v) is 1.43. The van der Waals surface area contributed by atoms with Gasteiger partial charge in [0.2, 0.25) is 0 Å². The molecule has 0 spiro atoms. The normalized spacial score (nSPS) is 9.82. The molecule has 1 rings (SSSR count). The lowest BCUT2D eigenvalue weighted by atomic mass is 10.2. The first kappa shape index (κ1) is 13.4. The minimum atomic E-state index is -0.304. The zero-order valence-corrected chi connectivity index (χ0v) is 10.6. The number of rotatable bonds is 5. The summed E-state index contributed by atoms with van der Waals surface area (Å²) in [6.07, 6.45) is -0.304. The third kappa shape index (κ3) is 4.34. The monoisotopic (exact) mass is 237 g/mol. The second-order valence-electron chi connectivity index (χ2n) is 3.63. The predicted octanol–water partition coefficient (Wildman–Crippen LogP) is 2.67. The van der Waals surface area contributed by atoms with Gasteiger partial charge in [0.25, 0.3) is 0 Å². The molecule has 0 unspecified atom stereocenters. The van der Waals surface area contributed by atoms with E-state index in [0.717, 1.165) is 11.3 Å². The van der Waals surface area contributed by atoms with Gasteiger partial charge in [-0.05, 0) is 31.5 Å². The number of carbonyl (C=O) groups is 1. The molecule has 4 nitrogen and oxygen atoms in total. The topological polar surface area (TPSA) is 38.8 Å². The second-order valence-corrected chi connectivity index (χ2v) is 3.63. The molecule has 0 N–H and O–H groups in total. The molecule has 0 fully saturated rings. The highest BCUT2D eigenvalue weighted by molar-refractivity contribution is 5.67. The average Bonchev–Trinajstić information content (AvgIpc) is 2.32. The zero-order chi connectivity index (χ0) is 12.7. The smallest absolute Gasteiger partial charge is 0.409 e. The first-order chi connectivity index (χ1) is 8.17. The Morgan fingerprint density at radius 1 is 1.18 bits per heavy atom.